The number of ether oxygens (including phenoxy) is 1. The van der Waals surface area contributed by atoms with E-state index in [9.17, 15) is 0 Å². The first kappa shape index (κ1) is 13.4. The number of unbranched alkanes of at least 4 members (excludes halogenated alkanes) is 2. The Hall–Kier alpha value is -0.0800. The minimum absolute atomic E-state index is 0.364. The maximum absolute atomic E-state index is 6.30. The lowest BCUT2D eigenvalue weighted by molar-refractivity contribution is -0.134. The van der Waals surface area contributed by atoms with Gasteiger partial charge in [-0.2, -0.15) is 0 Å². The Morgan fingerprint density at radius 3 is 2.41 bits per heavy atom. The summed E-state index contributed by atoms with van der Waals surface area (Å²) in [5, 5.41) is 0. The standard InChI is InChI=1S/C15H29NO/c1-2-3-8-11-17-14-12-13(16)15(14)9-6-4-5-7-10-15/h13-14H,2-12,16H2,1H3. The normalized spacial score (nSPS) is 32.1. The molecule has 0 aliphatic heterocycles. The van der Waals surface area contributed by atoms with E-state index in [2.05, 4.69) is 6.92 Å². The molecule has 0 aromatic carbocycles. The topological polar surface area (TPSA) is 35.2 Å². The van der Waals surface area contributed by atoms with Gasteiger partial charge in [0.05, 0.1) is 6.10 Å². The number of nitrogens with two attached hydrogens (primary N) is 1. The first-order valence-electron chi connectivity index (χ1n) is 7.67. The second-order valence-corrected chi connectivity index (χ2v) is 6.06. The monoisotopic (exact) mass is 239 g/mol. The van der Waals surface area contributed by atoms with Crippen LogP contribution in [-0.4, -0.2) is 18.8 Å². The van der Waals surface area contributed by atoms with Crippen LogP contribution in [0.15, 0.2) is 0 Å². The zero-order chi connectivity index (χ0) is 12.1. The van der Waals surface area contributed by atoms with E-state index in [0.29, 0.717) is 17.6 Å². The van der Waals surface area contributed by atoms with Crippen molar-refractivity contribution in [3.05, 3.63) is 0 Å². The molecule has 2 N–H and O–H groups in total. The SMILES string of the molecule is CCCCCOC1CC(N)C12CCCCCC2. The first-order valence-corrected chi connectivity index (χ1v) is 7.67. The molecule has 0 amide bonds. The molecule has 2 saturated carbocycles. The maximum atomic E-state index is 6.30. The minimum atomic E-state index is 0.364. The molecule has 2 aliphatic carbocycles. The second kappa shape index (κ2) is 6.19. The molecule has 0 saturated heterocycles. The number of rotatable bonds is 5. The summed E-state index contributed by atoms with van der Waals surface area (Å²) in [6, 6.07) is 0.414. The number of hydrogen-bond donors (Lipinski definition) is 1. The molecule has 0 bridgehead atoms. The van der Waals surface area contributed by atoms with Gasteiger partial charge < -0.3 is 10.5 Å². The van der Waals surface area contributed by atoms with E-state index >= 15 is 0 Å². The third kappa shape index (κ3) is 2.85. The highest BCUT2D eigenvalue weighted by Gasteiger charge is 2.53. The van der Waals surface area contributed by atoms with Crippen LogP contribution < -0.4 is 5.73 Å². The Morgan fingerprint density at radius 2 is 1.82 bits per heavy atom. The van der Waals surface area contributed by atoms with E-state index in [1.807, 2.05) is 0 Å². The molecule has 17 heavy (non-hydrogen) atoms. The highest BCUT2D eigenvalue weighted by atomic mass is 16.5. The van der Waals surface area contributed by atoms with E-state index in [0.717, 1.165) is 13.0 Å². The van der Waals surface area contributed by atoms with Gasteiger partial charge in [0.2, 0.25) is 0 Å². The van der Waals surface area contributed by atoms with E-state index in [4.69, 9.17) is 10.5 Å². The van der Waals surface area contributed by atoms with Crippen molar-refractivity contribution in [3.8, 4) is 0 Å². The Balaban J connectivity index is 1.81. The third-order valence-corrected chi connectivity index (χ3v) is 4.95. The predicted molar refractivity (Wildman–Crippen MR) is 72.0 cm³/mol. The summed E-state index contributed by atoms with van der Waals surface area (Å²) in [5.74, 6) is 0. The van der Waals surface area contributed by atoms with Gasteiger partial charge in [0.1, 0.15) is 0 Å². The molecule has 0 aromatic rings. The molecule has 2 fully saturated rings. The number of hydrogen-bond acceptors (Lipinski definition) is 2. The van der Waals surface area contributed by atoms with Gasteiger partial charge in [0, 0.05) is 18.1 Å². The largest absolute Gasteiger partial charge is 0.378 e. The molecule has 2 rings (SSSR count). The molecule has 2 atom stereocenters. The smallest absolute Gasteiger partial charge is 0.0661 e. The van der Waals surface area contributed by atoms with Crippen molar-refractivity contribution in [2.24, 2.45) is 11.1 Å². The van der Waals surface area contributed by atoms with E-state index in [-0.39, 0.29) is 0 Å². The molecule has 0 heterocycles. The predicted octanol–water partition coefficient (Wildman–Crippen LogP) is 3.63. The van der Waals surface area contributed by atoms with Crippen molar-refractivity contribution in [1.82, 2.24) is 0 Å². The minimum Gasteiger partial charge on any atom is -0.378 e. The van der Waals surface area contributed by atoms with Crippen LogP contribution >= 0.6 is 0 Å². The lowest BCUT2D eigenvalue weighted by atomic mass is 9.58. The van der Waals surface area contributed by atoms with Crippen LogP contribution in [0.2, 0.25) is 0 Å². The summed E-state index contributed by atoms with van der Waals surface area (Å²) in [7, 11) is 0. The van der Waals surface area contributed by atoms with E-state index < -0.39 is 0 Å². The van der Waals surface area contributed by atoms with Crippen LogP contribution in [0.5, 0.6) is 0 Å². The van der Waals surface area contributed by atoms with Crippen molar-refractivity contribution >= 4 is 0 Å². The fourth-order valence-electron chi connectivity index (χ4n) is 3.67. The second-order valence-electron chi connectivity index (χ2n) is 6.06. The van der Waals surface area contributed by atoms with Crippen LogP contribution in [0.1, 0.15) is 71.1 Å². The molecule has 2 heteroatoms. The zero-order valence-corrected chi connectivity index (χ0v) is 11.4. The quantitative estimate of drug-likeness (QED) is 0.743. The van der Waals surface area contributed by atoms with Crippen molar-refractivity contribution in [2.45, 2.75) is 83.3 Å². The van der Waals surface area contributed by atoms with Gasteiger partial charge in [-0.25, -0.2) is 0 Å². The Morgan fingerprint density at radius 1 is 1.12 bits per heavy atom. The third-order valence-electron chi connectivity index (χ3n) is 4.95. The van der Waals surface area contributed by atoms with Gasteiger partial charge in [0.25, 0.3) is 0 Å². The maximum Gasteiger partial charge on any atom is 0.0661 e. The highest BCUT2D eigenvalue weighted by molar-refractivity contribution is 5.06. The average molecular weight is 239 g/mol. The van der Waals surface area contributed by atoms with Crippen LogP contribution in [-0.2, 0) is 4.74 Å². The van der Waals surface area contributed by atoms with Gasteiger partial charge in [-0.15, -0.1) is 0 Å². The molecule has 0 aromatic heterocycles. The van der Waals surface area contributed by atoms with Crippen molar-refractivity contribution in [2.75, 3.05) is 6.61 Å². The fourth-order valence-corrected chi connectivity index (χ4v) is 3.67. The van der Waals surface area contributed by atoms with Gasteiger partial charge in [-0.3, -0.25) is 0 Å². The van der Waals surface area contributed by atoms with Gasteiger partial charge in [-0.1, -0.05) is 45.4 Å². The fraction of sp³-hybridized carbons (Fsp3) is 1.00. The van der Waals surface area contributed by atoms with E-state index in [1.165, 1.54) is 57.8 Å². The Bertz CT molecular complexity index is 221. The summed E-state index contributed by atoms with van der Waals surface area (Å²) < 4.78 is 6.12. The van der Waals surface area contributed by atoms with Gasteiger partial charge >= 0.3 is 0 Å². The molecular weight excluding hydrogens is 210 g/mol. The van der Waals surface area contributed by atoms with E-state index in [1.54, 1.807) is 0 Å². The molecule has 2 aliphatic rings. The molecule has 0 radical (unpaired) electrons. The molecule has 2 unspecified atom stereocenters. The van der Waals surface area contributed by atoms with Crippen LogP contribution in [0.4, 0.5) is 0 Å². The molecule has 100 valence electrons. The van der Waals surface area contributed by atoms with Crippen molar-refractivity contribution in [1.29, 1.82) is 0 Å². The lowest BCUT2D eigenvalue weighted by Gasteiger charge is -2.54. The molecule has 2 nitrogen and oxygen atoms in total. The lowest BCUT2D eigenvalue weighted by Crippen LogP contribution is -2.62. The summed E-state index contributed by atoms with van der Waals surface area (Å²) >= 11 is 0. The van der Waals surface area contributed by atoms with Crippen LogP contribution in [0.3, 0.4) is 0 Å². The highest BCUT2D eigenvalue weighted by Crippen LogP contribution is 2.51. The van der Waals surface area contributed by atoms with Crippen LogP contribution in [0.25, 0.3) is 0 Å². The zero-order valence-electron chi connectivity index (χ0n) is 11.4. The van der Waals surface area contributed by atoms with Crippen LogP contribution in [0, 0.1) is 5.41 Å². The summed E-state index contributed by atoms with van der Waals surface area (Å²) in [6.45, 7) is 3.19. The first-order chi connectivity index (χ1) is 8.29. The summed E-state index contributed by atoms with van der Waals surface area (Å²) in [5.41, 5.74) is 6.66. The molecular formula is C15H29NO. The summed E-state index contributed by atoms with van der Waals surface area (Å²) in [6.07, 6.45) is 13.5. The Kier molecular flexibility index (Phi) is 4.87. The average Bonchev–Trinajstić information content (AvgIpc) is 2.60. The van der Waals surface area contributed by atoms with Gasteiger partial charge in [-0.05, 0) is 25.7 Å². The molecule has 1 spiro atoms. The van der Waals surface area contributed by atoms with Crippen molar-refractivity contribution < 1.29 is 4.74 Å². The summed E-state index contributed by atoms with van der Waals surface area (Å²) in [4.78, 5) is 0. The Labute approximate surface area is 106 Å². The van der Waals surface area contributed by atoms with Gasteiger partial charge in [0.15, 0.2) is 0 Å². The van der Waals surface area contributed by atoms with Crippen molar-refractivity contribution in [3.63, 3.8) is 0 Å².